The highest BCUT2D eigenvalue weighted by molar-refractivity contribution is 5.88. The van der Waals surface area contributed by atoms with Crippen LogP contribution in [0.15, 0.2) is 48.6 Å². The molecule has 4 rings (SSSR count). The minimum atomic E-state index is -2.51. The van der Waals surface area contributed by atoms with Crippen LogP contribution in [0.1, 0.15) is 11.1 Å². The van der Waals surface area contributed by atoms with Gasteiger partial charge < -0.3 is 74.0 Å². The molecule has 8 N–H and O–H groups in total. The van der Waals surface area contributed by atoms with Crippen LogP contribution in [-0.4, -0.2) is 142 Å². The van der Waals surface area contributed by atoms with Crippen molar-refractivity contribution in [2.45, 2.75) is 54.8 Å². The lowest BCUT2D eigenvalue weighted by molar-refractivity contribution is -0.383. The lowest BCUT2D eigenvalue weighted by atomic mass is 9.99. The zero-order chi connectivity index (χ0) is 35.9. The number of hydrogen-bond acceptors (Lipinski definition) is 17. The highest BCUT2D eigenvalue weighted by Gasteiger charge is 2.61. The number of aliphatic hydroxyl groups is 6. The number of hydrogen-bond donors (Lipinski definition) is 8. The molecule has 0 amide bonds. The Labute approximate surface area is 279 Å². The summed E-state index contributed by atoms with van der Waals surface area (Å²) >= 11 is 0. The van der Waals surface area contributed by atoms with Crippen LogP contribution in [0.3, 0.4) is 0 Å². The fraction of sp³-hybridized carbons (Fsp3) is 0.438. The topological polar surface area (TPSA) is 261 Å². The van der Waals surface area contributed by atoms with E-state index in [9.17, 15) is 50.4 Å². The molecule has 0 bridgehead atoms. The molecule has 0 unspecified atom stereocenters. The number of carbonyl (C=O) groups is 2. The molecule has 2 aromatic rings. The number of phenols is 2. The van der Waals surface area contributed by atoms with E-state index in [4.69, 9.17) is 33.2 Å². The Kier molecular flexibility index (Phi) is 12.6. The number of rotatable bonds is 13. The zero-order valence-electron chi connectivity index (χ0n) is 26.3. The number of methoxy groups -OCH3 is 2. The van der Waals surface area contributed by atoms with Crippen LogP contribution in [0.4, 0.5) is 0 Å². The van der Waals surface area contributed by atoms with E-state index < -0.39 is 86.6 Å². The molecule has 17 heteroatoms. The first-order valence-electron chi connectivity index (χ1n) is 14.8. The lowest BCUT2D eigenvalue weighted by Gasteiger charge is -2.43. The predicted octanol–water partition coefficient (Wildman–Crippen LogP) is -1.44. The fourth-order valence-corrected chi connectivity index (χ4v) is 5.06. The average Bonchev–Trinajstić information content (AvgIpc) is 3.36. The molecule has 0 radical (unpaired) electrons. The van der Waals surface area contributed by atoms with Gasteiger partial charge >= 0.3 is 11.9 Å². The number of aromatic hydroxyl groups is 2. The van der Waals surface area contributed by atoms with Crippen molar-refractivity contribution in [2.75, 3.05) is 34.0 Å². The van der Waals surface area contributed by atoms with Crippen molar-refractivity contribution < 1.29 is 83.6 Å². The summed E-state index contributed by atoms with van der Waals surface area (Å²) in [5.74, 6) is -4.46. The first kappa shape index (κ1) is 37.5. The van der Waals surface area contributed by atoms with Crippen LogP contribution in [0.2, 0.25) is 0 Å². The second-order valence-corrected chi connectivity index (χ2v) is 10.9. The van der Waals surface area contributed by atoms with Crippen LogP contribution >= 0.6 is 0 Å². The molecule has 2 fully saturated rings. The van der Waals surface area contributed by atoms with E-state index >= 15 is 0 Å². The summed E-state index contributed by atoms with van der Waals surface area (Å²) in [5, 5.41) is 81.8. The van der Waals surface area contributed by atoms with Crippen molar-refractivity contribution in [1.29, 1.82) is 0 Å². The molecule has 9 atom stereocenters. The third-order valence-electron chi connectivity index (χ3n) is 7.72. The van der Waals surface area contributed by atoms with Crippen molar-refractivity contribution in [1.82, 2.24) is 0 Å². The second-order valence-electron chi connectivity index (χ2n) is 10.9. The van der Waals surface area contributed by atoms with E-state index in [1.54, 1.807) is 0 Å². The van der Waals surface area contributed by atoms with E-state index in [2.05, 4.69) is 0 Å². The van der Waals surface area contributed by atoms with Gasteiger partial charge in [-0.1, -0.05) is 12.1 Å². The van der Waals surface area contributed by atoms with E-state index in [1.807, 2.05) is 0 Å². The van der Waals surface area contributed by atoms with Gasteiger partial charge in [-0.05, 0) is 47.5 Å². The standard InChI is InChI=1S/C32H38O17/c1-43-20-11-16(3-7-18(20)35)5-9-24(37)45-14-23-27(40)30(47-25(38)10-6-17-4-8-19(36)21(12-17)44-2)32(15-34,48-23)49-31-29(42)28(41)26(39)22(13-33)46-31/h3-12,22-23,26-31,33-36,39-42H,13-15H2,1-2H3/b9-5+,10-6+/t22-,23-,26+,27-,28+,29-,30+,31-,32+/m1/s1. The molecule has 0 spiro atoms. The Morgan fingerprint density at radius 2 is 1.37 bits per heavy atom. The van der Waals surface area contributed by atoms with Gasteiger partial charge in [0.15, 0.2) is 35.4 Å². The van der Waals surface area contributed by atoms with Gasteiger partial charge in [-0.15, -0.1) is 0 Å². The van der Waals surface area contributed by atoms with E-state index in [1.165, 1.54) is 62.8 Å². The molecule has 0 aromatic heterocycles. The van der Waals surface area contributed by atoms with E-state index in [-0.39, 0.29) is 23.0 Å². The predicted molar refractivity (Wildman–Crippen MR) is 164 cm³/mol. The highest BCUT2D eigenvalue weighted by atomic mass is 16.8. The number of carbonyl (C=O) groups excluding carboxylic acids is 2. The smallest absolute Gasteiger partial charge is 0.331 e. The molecule has 49 heavy (non-hydrogen) atoms. The molecular formula is C32H38O17. The van der Waals surface area contributed by atoms with Gasteiger partial charge in [-0.3, -0.25) is 0 Å². The quantitative estimate of drug-likeness (QED) is 0.0882. The number of phenolic OH excluding ortho intramolecular Hbond substituents is 2. The maximum absolute atomic E-state index is 13.0. The van der Waals surface area contributed by atoms with Gasteiger partial charge in [0, 0.05) is 12.2 Å². The molecule has 0 aliphatic carbocycles. The largest absolute Gasteiger partial charge is 0.504 e. The molecule has 17 nitrogen and oxygen atoms in total. The summed E-state index contributed by atoms with van der Waals surface area (Å²) in [6.45, 7) is -2.63. The fourth-order valence-electron chi connectivity index (χ4n) is 5.06. The van der Waals surface area contributed by atoms with Crippen molar-refractivity contribution >= 4 is 24.1 Å². The van der Waals surface area contributed by atoms with Crippen LogP contribution in [0.5, 0.6) is 23.0 Å². The first-order valence-corrected chi connectivity index (χ1v) is 14.8. The lowest BCUT2D eigenvalue weighted by Crippen LogP contribution is -2.63. The van der Waals surface area contributed by atoms with Gasteiger partial charge in [0.2, 0.25) is 5.79 Å². The van der Waals surface area contributed by atoms with E-state index in [0.29, 0.717) is 11.1 Å². The third kappa shape index (κ3) is 8.66. The normalized spacial score (nSPS) is 30.0. The highest BCUT2D eigenvalue weighted by Crippen LogP contribution is 2.38. The Balaban J connectivity index is 1.54. The molecule has 2 aliphatic heterocycles. The summed E-state index contributed by atoms with van der Waals surface area (Å²) in [6.07, 6.45) is -9.51. The van der Waals surface area contributed by atoms with E-state index in [0.717, 1.165) is 12.2 Å². The van der Waals surface area contributed by atoms with Crippen LogP contribution in [0, 0.1) is 0 Å². The molecule has 2 aromatic carbocycles. The Bertz CT molecular complexity index is 1510. The van der Waals surface area contributed by atoms with Crippen molar-refractivity contribution in [3.63, 3.8) is 0 Å². The molecule has 2 saturated heterocycles. The van der Waals surface area contributed by atoms with Gasteiger partial charge in [-0.25, -0.2) is 9.59 Å². The van der Waals surface area contributed by atoms with Gasteiger partial charge in [0.1, 0.15) is 49.8 Å². The molecular weight excluding hydrogens is 656 g/mol. The van der Waals surface area contributed by atoms with Crippen LogP contribution in [0.25, 0.3) is 12.2 Å². The molecule has 2 heterocycles. The number of esters is 2. The van der Waals surface area contributed by atoms with Crippen molar-refractivity contribution in [3.8, 4) is 23.0 Å². The number of benzene rings is 2. The van der Waals surface area contributed by atoms with Crippen molar-refractivity contribution in [3.05, 3.63) is 59.7 Å². The zero-order valence-corrected chi connectivity index (χ0v) is 26.3. The molecule has 268 valence electrons. The summed E-state index contributed by atoms with van der Waals surface area (Å²) in [4.78, 5) is 25.5. The maximum Gasteiger partial charge on any atom is 0.331 e. The number of aliphatic hydroxyl groups excluding tert-OH is 6. The Hall–Kier alpha value is -4.30. The van der Waals surface area contributed by atoms with Gasteiger partial charge in [-0.2, -0.15) is 0 Å². The Morgan fingerprint density at radius 3 is 1.90 bits per heavy atom. The van der Waals surface area contributed by atoms with Crippen LogP contribution < -0.4 is 9.47 Å². The minimum absolute atomic E-state index is 0.112. The van der Waals surface area contributed by atoms with Crippen LogP contribution in [-0.2, 0) is 33.3 Å². The monoisotopic (exact) mass is 694 g/mol. The summed E-state index contributed by atoms with van der Waals surface area (Å²) in [5.41, 5.74) is 0.881. The van der Waals surface area contributed by atoms with Gasteiger partial charge in [0.05, 0.1) is 20.8 Å². The third-order valence-corrected chi connectivity index (χ3v) is 7.72. The first-order chi connectivity index (χ1) is 23.4. The summed E-state index contributed by atoms with van der Waals surface area (Å²) in [7, 11) is 2.69. The molecule has 0 saturated carbocycles. The maximum atomic E-state index is 13.0. The summed E-state index contributed by atoms with van der Waals surface area (Å²) < 4.78 is 37.5. The SMILES string of the molecule is COc1cc(/C=C/C(=O)OC[C@H]2O[C@@](CO)(O[C@H]3O[C@H](CO)[C@H](O)[C@H](O)[C@H]3O)[C@@H](OC(=O)/C=C/c3ccc(O)c(OC)c3)[C@@H]2O)ccc1O. The Morgan fingerprint density at radius 1 is 0.796 bits per heavy atom. The molecule has 2 aliphatic rings. The van der Waals surface area contributed by atoms with Gasteiger partial charge in [0.25, 0.3) is 0 Å². The number of ether oxygens (including phenoxy) is 7. The van der Waals surface area contributed by atoms with Crippen molar-refractivity contribution in [2.24, 2.45) is 0 Å². The summed E-state index contributed by atoms with van der Waals surface area (Å²) in [6, 6.07) is 8.53. The minimum Gasteiger partial charge on any atom is -0.504 e. The average molecular weight is 695 g/mol. The second kappa shape index (κ2) is 16.4.